The summed E-state index contributed by atoms with van der Waals surface area (Å²) in [6, 6.07) is 7.04. The molecule has 0 spiro atoms. The van der Waals surface area contributed by atoms with E-state index in [4.69, 9.17) is 22.6 Å². The fourth-order valence-corrected chi connectivity index (χ4v) is 1.43. The average molecular weight is 207 g/mol. The molecule has 0 bridgehead atoms. The molecule has 1 rings (SSSR count). The molecular weight excluding hydrogens is 196 g/mol. The zero-order valence-corrected chi connectivity index (χ0v) is 8.46. The van der Waals surface area contributed by atoms with Crippen molar-refractivity contribution in [1.29, 1.82) is 5.26 Å². The molecule has 3 heteroatoms. The quantitative estimate of drug-likeness (QED) is 0.774. The van der Waals surface area contributed by atoms with Crippen molar-refractivity contribution in [2.75, 3.05) is 0 Å². The minimum atomic E-state index is -0.181. The monoisotopic (exact) mass is 206 g/mol. The molecule has 0 aromatic heterocycles. The van der Waals surface area contributed by atoms with Gasteiger partial charge in [0.2, 0.25) is 0 Å². The molecule has 0 aliphatic rings. The number of hydrogen-bond donors (Lipinski definition) is 1. The maximum Gasteiger partial charge on any atom is 0.0995 e. The molecule has 0 aliphatic carbocycles. The maximum atomic E-state index is 8.87. The Morgan fingerprint density at radius 1 is 1.64 bits per heavy atom. The van der Waals surface area contributed by atoms with Crippen molar-refractivity contribution in [3.8, 4) is 6.07 Å². The van der Waals surface area contributed by atoms with E-state index in [2.05, 4.69) is 12.6 Å². The van der Waals surface area contributed by atoms with E-state index in [0.29, 0.717) is 17.0 Å². The number of nitrogens with zero attached hydrogens (tertiary/aromatic N) is 1. The minimum absolute atomic E-state index is 0.181. The molecule has 1 atom stereocenters. The van der Waals surface area contributed by atoms with Crippen molar-refractivity contribution in [3.05, 3.63) is 47.0 Å². The lowest BCUT2D eigenvalue weighted by atomic mass is 9.99. The first kappa shape index (κ1) is 10.8. The van der Waals surface area contributed by atoms with Crippen molar-refractivity contribution >= 4 is 11.6 Å². The van der Waals surface area contributed by atoms with Gasteiger partial charge in [0.25, 0.3) is 0 Å². The molecule has 72 valence electrons. The Bertz CT molecular complexity index is 379. The summed E-state index contributed by atoms with van der Waals surface area (Å²) in [5.41, 5.74) is 7.22. The van der Waals surface area contributed by atoms with E-state index >= 15 is 0 Å². The summed E-state index contributed by atoms with van der Waals surface area (Å²) in [7, 11) is 0. The predicted molar refractivity (Wildman–Crippen MR) is 57.9 cm³/mol. The zero-order chi connectivity index (χ0) is 10.6. The second-order valence-electron chi connectivity index (χ2n) is 2.97. The number of halogens is 1. The highest BCUT2D eigenvalue weighted by molar-refractivity contribution is 6.30. The number of rotatable bonds is 3. The van der Waals surface area contributed by atoms with Gasteiger partial charge >= 0.3 is 0 Å². The lowest BCUT2D eigenvalue weighted by Gasteiger charge is -2.11. The predicted octanol–water partition coefficient (Wildman–Crippen LogP) is 2.79. The van der Waals surface area contributed by atoms with Crippen molar-refractivity contribution < 1.29 is 0 Å². The van der Waals surface area contributed by atoms with Gasteiger partial charge in [0.1, 0.15) is 0 Å². The summed E-state index contributed by atoms with van der Waals surface area (Å²) in [6.45, 7) is 3.61. The van der Waals surface area contributed by atoms with E-state index in [9.17, 15) is 0 Å². The van der Waals surface area contributed by atoms with Crippen LogP contribution >= 0.6 is 11.6 Å². The molecule has 0 unspecified atom stereocenters. The lowest BCUT2D eigenvalue weighted by molar-refractivity contribution is 0.739. The van der Waals surface area contributed by atoms with Crippen LogP contribution in [0.15, 0.2) is 30.9 Å². The number of benzene rings is 1. The Balaban J connectivity index is 3.08. The normalized spacial score (nSPS) is 11.8. The van der Waals surface area contributed by atoms with Crippen LogP contribution in [0.1, 0.15) is 23.6 Å². The van der Waals surface area contributed by atoms with E-state index in [1.807, 2.05) is 0 Å². The van der Waals surface area contributed by atoms with E-state index in [1.54, 1.807) is 24.3 Å². The Hall–Kier alpha value is -1.30. The third-order valence-corrected chi connectivity index (χ3v) is 2.19. The Morgan fingerprint density at radius 2 is 2.36 bits per heavy atom. The SMILES string of the molecule is C=CC[C@@H](N)c1ccc(Cl)cc1C#N. The number of nitriles is 1. The van der Waals surface area contributed by atoms with Gasteiger partial charge in [-0.05, 0) is 24.1 Å². The molecule has 0 saturated carbocycles. The standard InChI is InChI=1S/C11H11ClN2/c1-2-3-11(14)10-5-4-9(12)6-8(10)7-13/h2,4-6,11H,1,3,14H2/t11-/m1/s1. The Morgan fingerprint density at radius 3 is 2.93 bits per heavy atom. The molecule has 0 aliphatic heterocycles. The first-order chi connectivity index (χ1) is 6.69. The van der Waals surface area contributed by atoms with Gasteiger partial charge in [0.05, 0.1) is 11.6 Å². The van der Waals surface area contributed by atoms with Gasteiger partial charge in [-0.25, -0.2) is 0 Å². The minimum Gasteiger partial charge on any atom is -0.324 e. The van der Waals surface area contributed by atoms with Gasteiger partial charge in [-0.1, -0.05) is 23.7 Å². The fourth-order valence-electron chi connectivity index (χ4n) is 1.26. The third kappa shape index (κ3) is 2.35. The summed E-state index contributed by atoms with van der Waals surface area (Å²) in [6.07, 6.45) is 2.39. The molecule has 14 heavy (non-hydrogen) atoms. The van der Waals surface area contributed by atoms with E-state index in [0.717, 1.165) is 5.56 Å². The van der Waals surface area contributed by atoms with Crippen LogP contribution in [0.4, 0.5) is 0 Å². The summed E-state index contributed by atoms with van der Waals surface area (Å²) >= 11 is 5.77. The maximum absolute atomic E-state index is 8.87. The van der Waals surface area contributed by atoms with Crippen molar-refractivity contribution in [3.63, 3.8) is 0 Å². The highest BCUT2D eigenvalue weighted by atomic mass is 35.5. The second-order valence-corrected chi connectivity index (χ2v) is 3.41. The second kappa shape index (κ2) is 4.80. The highest BCUT2D eigenvalue weighted by Gasteiger charge is 2.09. The van der Waals surface area contributed by atoms with E-state index in [-0.39, 0.29) is 6.04 Å². The van der Waals surface area contributed by atoms with Crippen LogP contribution in [-0.4, -0.2) is 0 Å². The number of hydrogen-bond acceptors (Lipinski definition) is 2. The molecule has 0 radical (unpaired) electrons. The summed E-state index contributed by atoms with van der Waals surface area (Å²) in [5, 5.41) is 9.42. The first-order valence-corrected chi connectivity index (χ1v) is 4.63. The van der Waals surface area contributed by atoms with Gasteiger partial charge in [0.15, 0.2) is 0 Å². The van der Waals surface area contributed by atoms with Crippen molar-refractivity contribution in [2.45, 2.75) is 12.5 Å². The van der Waals surface area contributed by atoms with Crippen LogP contribution in [-0.2, 0) is 0 Å². The van der Waals surface area contributed by atoms with Crippen LogP contribution in [0, 0.1) is 11.3 Å². The molecule has 0 heterocycles. The molecule has 0 saturated heterocycles. The average Bonchev–Trinajstić information content (AvgIpc) is 2.17. The van der Waals surface area contributed by atoms with Gasteiger partial charge < -0.3 is 5.73 Å². The largest absolute Gasteiger partial charge is 0.324 e. The molecule has 0 amide bonds. The Labute approximate surface area is 88.6 Å². The summed E-state index contributed by atoms with van der Waals surface area (Å²) < 4.78 is 0. The smallest absolute Gasteiger partial charge is 0.0995 e. The zero-order valence-electron chi connectivity index (χ0n) is 7.70. The topological polar surface area (TPSA) is 49.8 Å². The molecule has 1 aromatic carbocycles. The summed E-state index contributed by atoms with van der Waals surface area (Å²) in [5.74, 6) is 0. The first-order valence-electron chi connectivity index (χ1n) is 4.25. The van der Waals surface area contributed by atoms with Gasteiger partial charge in [-0.3, -0.25) is 0 Å². The van der Waals surface area contributed by atoms with Crippen LogP contribution in [0.3, 0.4) is 0 Å². The van der Waals surface area contributed by atoms with Crippen molar-refractivity contribution in [1.82, 2.24) is 0 Å². The molecule has 0 fully saturated rings. The number of nitrogens with two attached hydrogens (primary N) is 1. The van der Waals surface area contributed by atoms with E-state index < -0.39 is 0 Å². The van der Waals surface area contributed by atoms with Gasteiger partial charge in [0, 0.05) is 11.1 Å². The van der Waals surface area contributed by atoms with Crippen LogP contribution in [0.5, 0.6) is 0 Å². The third-order valence-electron chi connectivity index (χ3n) is 1.96. The molecule has 2 nitrogen and oxygen atoms in total. The van der Waals surface area contributed by atoms with Crippen molar-refractivity contribution in [2.24, 2.45) is 5.73 Å². The van der Waals surface area contributed by atoms with Gasteiger partial charge in [-0.15, -0.1) is 6.58 Å². The van der Waals surface area contributed by atoms with Crippen LogP contribution < -0.4 is 5.73 Å². The van der Waals surface area contributed by atoms with Crippen LogP contribution in [0.2, 0.25) is 5.02 Å². The Kier molecular flexibility index (Phi) is 3.70. The molecular formula is C11H11ClN2. The van der Waals surface area contributed by atoms with Gasteiger partial charge in [-0.2, -0.15) is 5.26 Å². The fraction of sp³-hybridized carbons (Fsp3) is 0.182. The van der Waals surface area contributed by atoms with Crippen LogP contribution in [0.25, 0.3) is 0 Å². The lowest BCUT2D eigenvalue weighted by Crippen LogP contribution is -2.10. The van der Waals surface area contributed by atoms with E-state index in [1.165, 1.54) is 0 Å². The molecule has 2 N–H and O–H groups in total. The summed E-state index contributed by atoms with van der Waals surface area (Å²) in [4.78, 5) is 0. The molecule has 1 aromatic rings. The highest BCUT2D eigenvalue weighted by Crippen LogP contribution is 2.22.